The van der Waals surface area contributed by atoms with Crippen LogP contribution in [0.5, 0.6) is 5.75 Å². The van der Waals surface area contributed by atoms with E-state index in [0.717, 1.165) is 11.1 Å². The molecule has 2 aromatic carbocycles. The summed E-state index contributed by atoms with van der Waals surface area (Å²) in [5.74, 6) is 0.516. The van der Waals surface area contributed by atoms with Gasteiger partial charge >= 0.3 is 5.63 Å². The second kappa shape index (κ2) is 5.34. The quantitative estimate of drug-likeness (QED) is 0.568. The van der Waals surface area contributed by atoms with Gasteiger partial charge in [-0.25, -0.2) is 4.79 Å². The highest BCUT2D eigenvalue weighted by atomic mass is 16.5. The van der Waals surface area contributed by atoms with Gasteiger partial charge in [-0.3, -0.25) is 0 Å². The number of phenolic OH excluding ortho intramolecular Hbond substituents is 1. The van der Waals surface area contributed by atoms with E-state index in [1.165, 1.54) is 12.1 Å². The number of phenols is 1. The highest BCUT2D eigenvalue weighted by Crippen LogP contribution is 2.25. The van der Waals surface area contributed by atoms with Crippen molar-refractivity contribution in [3.63, 3.8) is 0 Å². The third-order valence-corrected chi connectivity index (χ3v) is 3.69. The molecule has 0 bridgehead atoms. The molecule has 0 atom stereocenters. The molecule has 6 nitrogen and oxygen atoms in total. The van der Waals surface area contributed by atoms with Gasteiger partial charge in [0, 0.05) is 17.0 Å². The number of nitrogens with zero attached hydrogens (tertiary/aromatic N) is 2. The highest BCUT2D eigenvalue weighted by Gasteiger charge is 2.16. The fraction of sp³-hybridized carbons (Fsp3) is 0.0556. The van der Waals surface area contributed by atoms with E-state index >= 15 is 0 Å². The molecule has 4 aromatic rings. The predicted molar refractivity (Wildman–Crippen MR) is 87.6 cm³/mol. The van der Waals surface area contributed by atoms with Crippen LogP contribution in [0.3, 0.4) is 0 Å². The van der Waals surface area contributed by atoms with Gasteiger partial charge in [0.2, 0.25) is 5.82 Å². The van der Waals surface area contributed by atoms with Gasteiger partial charge in [0.05, 0.1) is 0 Å². The lowest BCUT2D eigenvalue weighted by Gasteiger charge is -1.99. The van der Waals surface area contributed by atoms with E-state index in [1.54, 1.807) is 12.1 Å². The van der Waals surface area contributed by atoms with E-state index in [2.05, 4.69) is 10.1 Å². The number of aryl methyl sites for hydroxylation is 1. The van der Waals surface area contributed by atoms with Crippen molar-refractivity contribution in [2.75, 3.05) is 0 Å². The maximum absolute atomic E-state index is 12.2. The Morgan fingerprint density at radius 2 is 1.83 bits per heavy atom. The summed E-state index contributed by atoms with van der Waals surface area (Å²) in [4.78, 5) is 16.4. The lowest BCUT2D eigenvalue weighted by molar-refractivity contribution is 0.429. The van der Waals surface area contributed by atoms with Gasteiger partial charge in [-0.2, -0.15) is 4.98 Å². The zero-order valence-corrected chi connectivity index (χ0v) is 12.7. The molecule has 0 aliphatic heterocycles. The van der Waals surface area contributed by atoms with Crippen LogP contribution < -0.4 is 5.63 Å². The Morgan fingerprint density at radius 3 is 2.62 bits per heavy atom. The van der Waals surface area contributed by atoms with Crippen molar-refractivity contribution < 1.29 is 14.0 Å². The van der Waals surface area contributed by atoms with Crippen LogP contribution in [0.4, 0.5) is 0 Å². The zero-order valence-electron chi connectivity index (χ0n) is 12.7. The zero-order chi connectivity index (χ0) is 16.7. The Hall–Kier alpha value is -3.41. The number of aromatic nitrogens is 2. The molecule has 0 aliphatic rings. The van der Waals surface area contributed by atoms with Crippen LogP contribution in [-0.4, -0.2) is 15.2 Å². The van der Waals surface area contributed by atoms with Gasteiger partial charge in [-0.1, -0.05) is 35.0 Å². The number of fused-ring (bicyclic) bond motifs is 1. The summed E-state index contributed by atoms with van der Waals surface area (Å²) in [5, 5.41) is 14.0. The van der Waals surface area contributed by atoms with Gasteiger partial charge in [-0.05, 0) is 25.1 Å². The first-order valence-corrected chi connectivity index (χ1v) is 7.28. The average molecular weight is 320 g/mol. The molecular formula is C18H12N2O4. The Bertz CT molecular complexity index is 1090. The van der Waals surface area contributed by atoms with Crippen LogP contribution in [0.2, 0.25) is 0 Å². The van der Waals surface area contributed by atoms with Crippen molar-refractivity contribution in [1.29, 1.82) is 0 Å². The number of hydrogen-bond acceptors (Lipinski definition) is 6. The summed E-state index contributed by atoms with van der Waals surface area (Å²) in [6.07, 6.45) is 0. The van der Waals surface area contributed by atoms with Crippen LogP contribution in [0.1, 0.15) is 5.56 Å². The topological polar surface area (TPSA) is 89.4 Å². The molecule has 0 saturated heterocycles. The smallest absolute Gasteiger partial charge is 0.349 e. The summed E-state index contributed by atoms with van der Waals surface area (Å²) in [6, 6.07) is 13.8. The van der Waals surface area contributed by atoms with E-state index < -0.39 is 5.63 Å². The third kappa shape index (κ3) is 2.44. The third-order valence-electron chi connectivity index (χ3n) is 3.69. The molecule has 0 aliphatic carbocycles. The lowest BCUT2D eigenvalue weighted by Crippen LogP contribution is -2.02. The Labute approximate surface area is 136 Å². The number of aromatic hydroxyl groups is 1. The van der Waals surface area contributed by atoms with Gasteiger partial charge in [-0.15, -0.1) is 0 Å². The largest absolute Gasteiger partial charge is 0.508 e. The number of benzene rings is 2. The van der Waals surface area contributed by atoms with E-state index in [-0.39, 0.29) is 17.2 Å². The van der Waals surface area contributed by atoms with Crippen LogP contribution in [0, 0.1) is 6.92 Å². The molecular weight excluding hydrogens is 308 g/mol. The summed E-state index contributed by atoms with van der Waals surface area (Å²) in [7, 11) is 0. The standard InChI is InChI=1S/C18H12N2O4/c1-10-2-4-11(5-3-10)16-19-17(24-20-16)14-8-12-6-7-13(21)9-15(12)23-18(14)22/h2-9,21H,1H3. The Balaban J connectivity index is 1.80. The van der Waals surface area contributed by atoms with Gasteiger partial charge in [0.25, 0.3) is 5.89 Å². The summed E-state index contributed by atoms with van der Waals surface area (Å²) >= 11 is 0. The average Bonchev–Trinajstić information content (AvgIpc) is 3.04. The van der Waals surface area contributed by atoms with Crippen molar-refractivity contribution in [2.24, 2.45) is 0 Å². The van der Waals surface area contributed by atoms with Gasteiger partial charge in [0.1, 0.15) is 16.9 Å². The number of hydrogen-bond donors (Lipinski definition) is 1. The van der Waals surface area contributed by atoms with Crippen molar-refractivity contribution in [3.8, 4) is 28.6 Å². The molecule has 0 amide bonds. The second-order valence-electron chi connectivity index (χ2n) is 5.46. The normalized spacial score (nSPS) is 11.0. The number of rotatable bonds is 2. The molecule has 0 radical (unpaired) electrons. The highest BCUT2D eigenvalue weighted by molar-refractivity contribution is 5.81. The minimum atomic E-state index is -0.604. The second-order valence-corrected chi connectivity index (χ2v) is 5.46. The maximum Gasteiger partial charge on any atom is 0.349 e. The Kier molecular flexibility index (Phi) is 3.16. The van der Waals surface area contributed by atoms with Crippen LogP contribution in [0.15, 0.2) is 62.3 Å². The van der Waals surface area contributed by atoms with E-state index in [0.29, 0.717) is 16.8 Å². The first-order valence-electron chi connectivity index (χ1n) is 7.28. The van der Waals surface area contributed by atoms with Crippen molar-refractivity contribution >= 4 is 11.0 Å². The van der Waals surface area contributed by atoms with Crippen molar-refractivity contribution in [3.05, 3.63) is 64.5 Å². The van der Waals surface area contributed by atoms with Crippen molar-refractivity contribution in [2.45, 2.75) is 6.92 Å². The lowest BCUT2D eigenvalue weighted by atomic mass is 10.1. The SMILES string of the molecule is Cc1ccc(-c2noc(-c3cc4ccc(O)cc4oc3=O)n2)cc1. The molecule has 1 N–H and O–H groups in total. The van der Waals surface area contributed by atoms with Gasteiger partial charge in [0.15, 0.2) is 0 Å². The van der Waals surface area contributed by atoms with E-state index in [9.17, 15) is 9.90 Å². The minimum absolute atomic E-state index is 0.0258. The minimum Gasteiger partial charge on any atom is -0.508 e. The first-order chi connectivity index (χ1) is 11.6. The van der Waals surface area contributed by atoms with Crippen LogP contribution in [0.25, 0.3) is 33.8 Å². The molecule has 0 spiro atoms. The molecule has 24 heavy (non-hydrogen) atoms. The van der Waals surface area contributed by atoms with E-state index in [1.807, 2.05) is 31.2 Å². The summed E-state index contributed by atoms with van der Waals surface area (Å²) in [6.45, 7) is 1.99. The molecule has 0 fully saturated rings. The van der Waals surface area contributed by atoms with Crippen LogP contribution in [-0.2, 0) is 0 Å². The molecule has 4 rings (SSSR count). The first kappa shape index (κ1) is 14.2. The fourth-order valence-electron chi connectivity index (χ4n) is 2.40. The molecule has 0 unspecified atom stereocenters. The Morgan fingerprint density at radius 1 is 1.04 bits per heavy atom. The predicted octanol–water partition coefficient (Wildman–Crippen LogP) is 3.52. The fourth-order valence-corrected chi connectivity index (χ4v) is 2.40. The molecule has 2 aromatic heterocycles. The molecule has 2 heterocycles. The summed E-state index contributed by atoms with van der Waals surface area (Å²) < 4.78 is 10.4. The molecule has 6 heteroatoms. The summed E-state index contributed by atoms with van der Waals surface area (Å²) in [5.41, 5.74) is 1.79. The monoisotopic (exact) mass is 320 g/mol. The molecule has 118 valence electrons. The van der Waals surface area contributed by atoms with Crippen LogP contribution >= 0.6 is 0 Å². The van der Waals surface area contributed by atoms with Gasteiger partial charge < -0.3 is 14.0 Å². The van der Waals surface area contributed by atoms with E-state index in [4.69, 9.17) is 8.94 Å². The molecule has 0 saturated carbocycles. The maximum atomic E-state index is 12.2. The van der Waals surface area contributed by atoms with Crippen molar-refractivity contribution in [1.82, 2.24) is 10.1 Å².